The Morgan fingerprint density at radius 2 is 1.96 bits per heavy atom. The van der Waals surface area contributed by atoms with Gasteiger partial charge in [0.05, 0.1) is 11.0 Å². The molecule has 1 N–H and O–H groups in total. The van der Waals surface area contributed by atoms with Crippen LogP contribution in [0.4, 0.5) is 4.39 Å². The summed E-state index contributed by atoms with van der Waals surface area (Å²) in [6, 6.07) is 10.1. The summed E-state index contributed by atoms with van der Waals surface area (Å²) in [7, 11) is 0. The van der Waals surface area contributed by atoms with Crippen LogP contribution in [0.1, 0.15) is 0 Å². The third-order valence-corrected chi connectivity index (χ3v) is 4.67. The number of pyridine rings is 1. The lowest BCUT2D eigenvalue weighted by atomic mass is 10.0. The lowest BCUT2D eigenvalue weighted by Crippen LogP contribution is -2.52. The Bertz CT molecular complexity index is 914. The third kappa shape index (κ3) is 3.00. The monoisotopic (exact) mass is 339 g/mol. The molecule has 1 fully saturated rings. The number of amides is 1. The minimum Gasteiger partial charge on any atom is -0.396 e. The van der Waals surface area contributed by atoms with Gasteiger partial charge in [-0.25, -0.2) is 4.39 Å². The van der Waals surface area contributed by atoms with Gasteiger partial charge in [0.15, 0.2) is 0 Å². The van der Waals surface area contributed by atoms with Crippen LogP contribution in [0.2, 0.25) is 0 Å². The number of hydrogen-bond donors (Lipinski definition) is 1. The van der Waals surface area contributed by atoms with Gasteiger partial charge in [-0.2, -0.15) is 0 Å². The number of aliphatic hydroxyl groups excluding tert-OH is 1. The van der Waals surface area contributed by atoms with E-state index in [1.54, 1.807) is 23.2 Å². The average Bonchev–Trinajstić information content (AvgIpc) is 2.97. The van der Waals surface area contributed by atoms with E-state index < -0.39 is 0 Å². The van der Waals surface area contributed by atoms with Crippen LogP contribution in [0.5, 0.6) is 0 Å². The van der Waals surface area contributed by atoms with E-state index >= 15 is 0 Å². The van der Waals surface area contributed by atoms with E-state index in [2.05, 4.69) is 4.98 Å². The highest BCUT2D eigenvalue weighted by molar-refractivity contribution is 5.84. The molecule has 25 heavy (non-hydrogen) atoms. The molecule has 6 heteroatoms. The van der Waals surface area contributed by atoms with Crippen LogP contribution in [-0.4, -0.2) is 45.2 Å². The highest BCUT2D eigenvalue weighted by atomic mass is 19.1. The number of hydrogen-bond acceptors (Lipinski definition) is 3. The third-order valence-electron chi connectivity index (χ3n) is 4.67. The molecule has 0 atom stereocenters. The molecular formula is C19H18FN3O2. The van der Waals surface area contributed by atoms with Crippen LogP contribution < -0.4 is 0 Å². The Kier molecular flexibility index (Phi) is 3.97. The van der Waals surface area contributed by atoms with Crippen molar-refractivity contribution in [1.29, 1.82) is 0 Å². The van der Waals surface area contributed by atoms with E-state index in [1.807, 2.05) is 22.9 Å². The van der Waals surface area contributed by atoms with Crippen LogP contribution in [-0.2, 0) is 11.3 Å². The number of rotatable bonds is 4. The summed E-state index contributed by atoms with van der Waals surface area (Å²) in [6.07, 6.45) is 3.61. The van der Waals surface area contributed by atoms with Crippen molar-refractivity contribution in [3.8, 4) is 11.1 Å². The second-order valence-electron chi connectivity index (χ2n) is 6.43. The zero-order valence-corrected chi connectivity index (χ0v) is 13.6. The molecular weight excluding hydrogens is 321 g/mol. The number of likely N-dealkylation sites (tertiary alicyclic amines) is 1. The summed E-state index contributed by atoms with van der Waals surface area (Å²) < 4.78 is 15.0. The Balaban J connectivity index is 1.58. The first-order valence-corrected chi connectivity index (χ1v) is 8.23. The molecule has 1 saturated heterocycles. The maximum absolute atomic E-state index is 13.1. The van der Waals surface area contributed by atoms with Crippen LogP contribution >= 0.6 is 0 Å². The summed E-state index contributed by atoms with van der Waals surface area (Å²) in [5.74, 6) is -0.0334. The summed E-state index contributed by atoms with van der Waals surface area (Å²) in [4.78, 5) is 18.5. The first-order valence-electron chi connectivity index (χ1n) is 8.23. The van der Waals surface area contributed by atoms with Crippen LogP contribution in [0.15, 0.2) is 48.8 Å². The summed E-state index contributed by atoms with van der Waals surface area (Å²) in [5.41, 5.74) is 3.44. The molecule has 0 unspecified atom stereocenters. The molecule has 3 heterocycles. The minimum absolute atomic E-state index is 0.0365. The van der Waals surface area contributed by atoms with E-state index in [9.17, 15) is 9.18 Å². The maximum atomic E-state index is 13.1. The minimum atomic E-state index is -0.275. The molecule has 1 aliphatic heterocycles. The summed E-state index contributed by atoms with van der Waals surface area (Å²) in [6.45, 7) is 1.61. The molecule has 128 valence electrons. The van der Waals surface area contributed by atoms with Crippen molar-refractivity contribution in [2.75, 3.05) is 19.7 Å². The van der Waals surface area contributed by atoms with E-state index in [4.69, 9.17) is 5.11 Å². The molecule has 4 rings (SSSR count). The van der Waals surface area contributed by atoms with Gasteiger partial charge >= 0.3 is 0 Å². The van der Waals surface area contributed by atoms with Crippen molar-refractivity contribution < 1.29 is 14.3 Å². The van der Waals surface area contributed by atoms with E-state index in [0.29, 0.717) is 13.1 Å². The predicted octanol–water partition coefficient (Wildman–Crippen LogP) is 2.29. The second-order valence-corrected chi connectivity index (χ2v) is 6.43. The lowest BCUT2D eigenvalue weighted by Gasteiger charge is -2.38. The van der Waals surface area contributed by atoms with Crippen LogP contribution in [0.3, 0.4) is 0 Å². The number of carbonyl (C=O) groups is 1. The second kappa shape index (κ2) is 6.29. The standard InChI is InChI=1S/C19H18FN3O2/c20-16-3-1-14(2-4-16)15-7-18-17(21-8-15)5-6-22(18)11-19(25)23-9-13(10-23)12-24/h1-8,13,24H,9-12H2. The molecule has 0 bridgehead atoms. The molecule has 0 saturated carbocycles. The van der Waals surface area contributed by atoms with Crippen molar-refractivity contribution in [2.45, 2.75) is 6.54 Å². The molecule has 1 amide bonds. The van der Waals surface area contributed by atoms with Gasteiger partial charge in [-0.3, -0.25) is 9.78 Å². The number of fused-ring (bicyclic) bond motifs is 1. The van der Waals surface area contributed by atoms with Gasteiger partial charge in [-0.05, 0) is 29.8 Å². The molecule has 0 aliphatic carbocycles. The largest absolute Gasteiger partial charge is 0.396 e. The molecule has 1 aliphatic rings. The SMILES string of the molecule is O=C(Cn1ccc2ncc(-c3ccc(F)cc3)cc21)N1CC(CO)C1. The summed E-state index contributed by atoms with van der Waals surface area (Å²) in [5, 5.41) is 9.06. The van der Waals surface area contributed by atoms with Crippen LogP contribution in [0, 0.1) is 11.7 Å². The van der Waals surface area contributed by atoms with Crippen molar-refractivity contribution >= 4 is 16.9 Å². The number of nitrogens with zero attached hydrogens (tertiary/aromatic N) is 3. The number of aliphatic hydroxyl groups is 1. The normalized spacial score (nSPS) is 14.7. The quantitative estimate of drug-likeness (QED) is 0.793. The van der Waals surface area contributed by atoms with Gasteiger partial charge in [0.2, 0.25) is 5.91 Å². The van der Waals surface area contributed by atoms with Gasteiger partial charge < -0.3 is 14.6 Å². The lowest BCUT2D eigenvalue weighted by molar-refractivity contribution is -0.139. The van der Waals surface area contributed by atoms with Crippen molar-refractivity contribution in [1.82, 2.24) is 14.5 Å². The number of halogens is 1. The Hall–Kier alpha value is -2.73. The molecule has 3 aromatic rings. The average molecular weight is 339 g/mol. The van der Waals surface area contributed by atoms with Gasteiger partial charge in [0.25, 0.3) is 0 Å². The fraction of sp³-hybridized carbons (Fsp3) is 0.263. The zero-order chi connectivity index (χ0) is 17.4. The van der Waals surface area contributed by atoms with Gasteiger partial charge in [-0.15, -0.1) is 0 Å². The summed E-state index contributed by atoms with van der Waals surface area (Å²) >= 11 is 0. The van der Waals surface area contributed by atoms with Crippen molar-refractivity contribution in [3.63, 3.8) is 0 Å². The number of carbonyl (C=O) groups excluding carboxylic acids is 1. The molecule has 2 aromatic heterocycles. The zero-order valence-electron chi connectivity index (χ0n) is 13.6. The maximum Gasteiger partial charge on any atom is 0.242 e. The molecule has 0 radical (unpaired) electrons. The van der Waals surface area contributed by atoms with Gasteiger partial charge in [0, 0.05) is 43.6 Å². The fourth-order valence-electron chi connectivity index (χ4n) is 3.14. The predicted molar refractivity (Wildman–Crippen MR) is 92.3 cm³/mol. The van der Waals surface area contributed by atoms with Crippen LogP contribution in [0.25, 0.3) is 22.2 Å². The Labute approximate surface area is 144 Å². The Morgan fingerprint density at radius 1 is 1.20 bits per heavy atom. The van der Waals surface area contributed by atoms with Crippen molar-refractivity contribution in [2.24, 2.45) is 5.92 Å². The number of benzene rings is 1. The van der Waals surface area contributed by atoms with E-state index in [-0.39, 0.29) is 30.8 Å². The first kappa shape index (κ1) is 15.8. The highest BCUT2D eigenvalue weighted by Crippen LogP contribution is 2.24. The molecule has 1 aromatic carbocycles. The van der Waals surface area contributed by atoms with Gasteiger partial charge in [0.1, 0.15) is 12.4 Å². The Morgan fingerprint density at radius 3 is 2.68 bits per heavy atom. The van der Waals surface area contributed by atoms with E-state index in [0.717, 1.165) is 22.2 Å². The first-order chi connectivity index (χ1) is 12.1. The molecule has 0 spiro atoms. The smallest absolute Gasteiger partial charge is 0.242 e. The highest BCUT2D eigenvalue weighted by Gasteiger charge is 2.29. The van der Waals surface area contributed by atoms with Crippen molar-refractivity contribution in [3.05, 3.63) is 54.6 Å². The fourth-order valence-corrected chi connectivity index (χ4v) is 3.14. The molecule has 5 nitrogen and oxygen atoms in total. The van der Waals surface area contributed by atoms with Gasteiger partial charge in [-0.1, -0.05) is 12.1 Å². The topological polar surface area (TPSA) is 58.4 Å². The number of aromatic nitrogens is 2. The van der Waals surface area contributed by atoms with E-state index in [1.165, 1.54) is 12.1 Å².